The third-order valence-corrected chi connectivity index (χ3v) is 6.98. The molecule has 0 aromatic rings. The SMILES string of the molecule is CC[B-]1(CCOCC[B-]2(CC)CCOCC2)CCOCC1. The van der Waals surface area contributed by atoms with Gasteiger partial charge in [-0.25, -0.2) is 0 Å². The predicted molar refractivity (Wildman–Crippen MR) is 93.8 cm³/mol. The van der Waals surface area contributed by atoms with E-state index in [-0.39, 0.29) is 12.3 Å². The fourth-order valence-electron chi connectivity index (χ4n) is 4.40. The zero-order valence-electron chi connectivity index (χ0n) is 14.3. The molecule has 3 nitrogen and oxygen atoms in total. The number of hydrogen-bond acceptors (Lipinski definition) is 3. The lowest BCUT2D eigenvalue weighted by Gasteiger charge is -2.43. The highest BCUT2D eigenvalue weighted by Crippen LogP contribution is 2.30. The maximum Gasteiger partial charge on any atom is 0.0151 e. The number of hydrogen-bond donors (Lipinski definition) is 0. The second kappa shape index (κ2) is 8.59. The van der Waals surface area contributed by atoms with Gasteiger partial charge in [-0.3, -0.25) is 0 Å². The van der Waals surface area contributed by atoms with E-state index in [0.29, 0.717) is 0 Å². The summed E-state index contributed by atoms with van der Waals surface area (Å²) in [7, 11) is 0. The van der Waals surface area contributed by atoms with Crippen molar-refractivity contribution in [1.82, 2.24) is 0 Å². The summed E-state index contributed by atoms with van der Waals surface area (Å²) < 4.78 is 17.1. The molecular weight excluding hydrogens is 262 g/mol. The molecule has 0 unspecified atom stereocenters. The third kappa shape index (κ3) is 5.01. The molecule has 2 aliphatic rings. The van der Waals surface area contributed by atoms with Gasteiger partial charge in [-0.2, -0.15) is 50.6 Å². The van der Waals surface area contributed by atoms with Crippen LogP contribution in [0, 0.1) is 0 Å². The zero-order chi connectivity index (χ0) is 15.0. The molecule has 2 aliphatic heterocycles. The van der Waals surface area contributed by atoms with Crippen molar-refractivity contribution in [3.8, 4) is 0 Å². The molecule has 0 atom stereocenters. The van der Waals surface area contributed by atoms with Crippen molar-refractivity contribution in [2.24, 2.45) is 0 Å². The smallest absolute Gasteiger partial charge is 0.0151 e. The summed E-state index contributed by atoms with van der Waals surface area (Å²) in [5.74, 6) is 0. The fourth-order valence-corrected chi connectivity index (χ4v) is 4.40. The van der Waals surface area contributed by atoms with Crippen molar-refractivity contribution in [1.29, 1.82) is 0 Å². The van der Waals surface area contributed by atoms with Gasteiger partial charge in [0.05, 0.1) is 0 Å². The van der Waals surface area contributed by atoms with E-state index in [9.17, 15) is 0 Å². The van der Waals surface area contributed by atoms with Gasteiger partial charge in [0.15, 0.2) is 0 Å². The molecule has 0 aromatic heterocycles. The van der Waals surface area contributed by atoms with Crippen molar-refractivity contribution >= 4 is 12.3 Å². The van der Waals surface area contributed by atoms with E-state index in [1.807, 2.05) is 0 Å². The van der Waals surface area contributed by atoms with Crippen LogP contribution in [0.15, 0.2) is 0 Å². The average molecular weight is 296 g/mol. The van der Waals surface area contributed by atoms with Crippen LogP contribution in [0.5, 0.6) is 0 Å². The van der Waals surface area contributed by atoms with Gasteiger partial charge in [0.25, 0.3) is 0 Å². The first-order valence-corrected chi connectivity index (χ1v) is 9.41. The van der Waals surface area contributed by atoms with Gasteiger partial charge in [0.1, 0.15) is 0 Å². The Bertz CT molecular complexity index is 259. The Morgan fingerprint density at radius 2 is 1.10 bits per heavy atom. The van der Waals surface area contributed by atoms with Crippen LogP contribution in [-0.2, 0) is 14.2 Å². The minimum atomic E-state index is -0.197. The van der Waals surface area contributed by atoms with Crippen LogP contribution >= 0.6 is 0 Å². The first-order valence-electron chi connectivity index (χ1n) is 9.41. The van der Waals surface area contributed by atoms with E-state index in [1.54, 1.807) is 0 Å². The van der Waals surface area contributed by atoms with E-state index in [1.165, 1.54) is 50.6 Å². The maximum atomic E-state index is 6.04. The monoisotopic (exact) mass is 296 g/mol. The van der Waals surface area contributed by atoms with Gasteiger partial charge >= 0.3 is 0 Å². The molecule has 2 fully saturated rings. The minimum Gasteiger partial charge on any atom is -0.388 e. The third-order valence-electron chi connectivity index (χ3n) is 6.98. The minimum absolute atomic E-state index is 0.197. The van der Waals surface area contributed by atoms with Gasteiger partial charge in [-0.05, 0) is 0 Å². The molecular formula is C16H34B2O3-2. The topological polar surface area (TPSA) is 27.7 Å². The van der Waals surface area contributed by atoms with Crippen LogP contribution < -0.4 is 0 Å². The van der Waals surface area contributed by atoms with Crippen molar-refractivity contribution < 1.29 is 14.2 Å². The van der Waals surface area contributed by atoms with Gasteiger partial charge < -0.3 is 14.2 Å². The van der Waals surface area contributed by atoms with E-state index < -0.39 is 0 Å². The molecule has 0 saturated carbocycles. The van der Waals surface area contributed by atoms with Gasteiger partial charge in [0, 0.05) is 51.9 Å². The lowest BCUT2D eigenvalue weighted by molar-refractivity contribution is 0.138. The maximum absolute atomic E-state index is 6.04. The summed E-state index contributed by atoms with van der Waals surface area (Å²) in [5, 5.41) is 0. The second-order valence-electron chi connectivity index (χ2n) is 7.85. The lowest BCUT2D eigenvalue weighted by atomic mass is 9.18. The molecule has 0 N–H and O–H groups in total. The Labute approximate surface area is 131 Å². The standard InChI is InChI=1S/C16H34B2O3/c1-3-17(5-11-19-12-6-17)9-15-21-16-10-18(4-2)7-13-20-14-8-18/h3-16H2,1-2H3/q-2. The van der Waals surface area contributed by atoms with Crippen molar-refractivity contribution in [2.45, 2.75) is 64.4 Å². The molecule has 124 valence electrons. The van der Waals surface area contributed by atoms with E-state index in [4.69, 9.17) is 14.2 Å². The second-order valence-corrected chi connectivity index (χ2v) is 7.85. The van der Waals surface area contributed by atoms with Crippen LogP contribution in [0.3, 0.4) is 0 Å². The summed E-state index contributed by atoms with van der Waals surface area (Å²) in [5.41, 5.74) is 0. The van der Waals surface area contributed by atoms with E-state index in [2.05, 4.69) is 13.8 Å². The number of rotatable bonds is 8. The molecule has 0 bridgehead atoms. The molecule has 0 aromatic carbocycles. The Morgan fingerprint density at radius 1 is 0.714 bits per heavy atom. The lowest BCUT2D eigenvalue weighted by Crippen LogP contribution is -2.41. The highest BCUT2D eigenvalue weighted by atomic mass is 16.5. The fraction of sp³-hybridized carbons (Fsp3) is 1.00. The quantitative estimate of drug-likeness (QED) is 0.500. The largest absolute Gasteiger partial charge is 0.388 e. The molecule has 2 rings (SSSR count). The van der Waals surface area contributed by atoms with Crippen molar-refractivity contribution in [3.05, 3.63) is 0 Å². The number of ether oxygens (including phenoxy) is 3. The molecule has 2 saturated heterocycles. The van der Waals surface area contributed by atoms with E-state index >= 15 is 0 Å². The Morgan fingerprint density at radius 3 is 1.43 bits per heavy atom. The van der Waals surface area contributed by atoms with Crippen molar-refractivity contribution in [2.75, 3.05) is 39.6 Å². The van der Waals surface area contributed by atoms with Gasteiger partial charge in [-0.1, -0.05) is 13.8 Å². The summed E-state index contributed by atoms with van der Waals surface area (Å²) in [6.45, 7) is 10.5. The summed E-state index contributed by atoms with van der Waals surface area (Å²) in [4.78, 5) is 0. The predicted octanol–water partition coefficient (Wildman–Crippen LogP) is 4.00. The first-order chi connectivity index (χ1) is 10.2. The van der Waals surface area contributed by atoms with Crippen LogP contribution in [0.25, 0.3) is 0 Å². The molecule has 2 heterocycles. The Balaban J connectivity index is 1.64. The van der Waals surface area contributed by atoms with Gasteiger partial charge in [0.2, 0.25) is 0 Å². The summed E-state index contributed by atoms with van der Waals surface area (Å²) in [6.07, 6.45) is 9.92. The van der Waals surface area contributed by atoms with Crippen molar-refractivity contribution in [3.63, 3.8) is 0 Å². The molecule has 0 amide bonds. The summed E-state index contributed by atoms with van der Waals surface area (Å²) in [6, 6.07) is 0. The zero-order valence-corrected chi connectivity index (χ0v) is 14.3. The Hall–Kier alpha value is 0.00987. The normalized spacial score (nSPS) is 24.9. The van der Waals surface area contributed by atoms with Crippen LogP contribution in [0.1, 0.15) is 13.8 Å². The molecule has 0 spiro atoms. The average Bonchev–Trinajstić information content (AvgIpc) is 2.56. The summed E-state index contributed by atoms with van der Waals surface area (Å²) >= 11 is 0. The molecule has 5 heteroatoms. The highest BCUT2D eigenvalue weighted by molar-refractivity contribution is 6.80. The Kier molecular flexibility index (Phi) is 7.11. The van der Waals surface area contributed by atoms with Crippen LogP contribution in [0.4, 0.5) is 0 Å². The van der Waals surface area contributed by atoms with Gasteiger partial charge in [-0.15, -0.1) is 0 Å². The molecule has 21 heavy (non-hydrogen) atoms. The first kappa shape index (κ1) is 17.4. The van der Waals surface area contributed by atoms with E-state index in [0.717, 1.165) is 39.6 Å². The van der Waals surface area contributed by atoms with Crippen LogP contribution in [0.2, 0.25) is 50.6 Å². The molecule has 0 radical (unpaired) electrons. The van der Waals surface area contributed by atoms with Crippen LogP contribution in [-0.4, -0.2) is 51.9 Å². The molecule has 0 aliphatic carbocycles. The highest BCUT2D eigenvalue weighted by Gasteiger charge is 2.26.